The van der Waals surface area contributed by atoms with E-state index in [9.17, 15) is 13.2 Å². The van der Waals surface area contributed by atoms with Gasteiger partial charge in [-0.25, -0.2) is 8.42 Å². The Morgan fingerprint density at radius 1 is 1.18 bits per heavy atom. The smallest absolute Gasteiger partial charge is 0.244 e. The van der Waals surface area contributed by atoms with Gasteiger partial charge in [-0.05, 0) is 55.9 Å². The molecule has 1 aromatic rings. The molecule has 0 spiro atoms. The first-order valence-corrected chi connectivity index (χ1v) is 9.52. The molecule has 3 rings (SSSR count). The number of halogens is 1. The summed E-state index contributed by atoms with van der Waals surface area (Å²) in [5, 5.41) is 0.486. The van der Waals surface area contributed by atoms with E-state index in [1.165, 1.54) is 12.1 Å². The minimum absolute atomic E-state index is 0.188. The molecule has 1 aromatic carbocycles. The number of likely N-dealkylation sites (tertiary alicyclic amines) is 1. The Hall–Kier alpha value is -1.07. The highest BCUT2D eigenvalue weighted by Crippen LogP contribution is 2.48. The number of amides is 1. The number of sulfone groups is 1. The van der Waals surface area contributed by atoms with Gasteiger partial charge in [-0.1, -0.05) is 18.5 Å². The lowest BCUT2D eigenvalue weighted by molar-refractivity contribution is -0.132. The molecule has 1 heterocycles. The zero-order chi connectivity index (χ0) is 16.0. The normalized spacial score (nSPS) is 21.6. The summed E-state index contributed by atoms with van der Waals surface area (Å²) in [5.74, 6) is 0.390. The van der Waals surface area contributed by atoms with Crippen LogP contribution in [0, 0.1) is 5.92 Å². The zero-order valence-corrected chi connectivity index (χ0v) is 14.2. The monoisotopic (exact) mass is 341 g/mol. The average Bonchev–Trinajstić information content (AvgIpc) is 3.30. The molecule has 0 unspecified atom stereocenters. The van der Waals surface area contributed by atoms with Crippen molar-refractivity contribution >= 4 is 27.3 Å². The molecule has 6 heteroatoms. The van der Waals surface area contributed by atoms with Crippen molar-refractivity contribution in [1.82, 2.24) is 4.90 Å². The Morgan fingerprint density at radius 2 is 1.73 bits per heavy atom. The first-order valence-electron chi connectivity index (χ1n) is 7.66. The van der Waals surface area contributed by atoms with Crippen LogP contribution < -0.4 is 0 Å². The van der Waals surface area contributed by atoms with Crippen LogP contribution >= 0.6 is 11.6 Å². The van der Waals surface area contributed by atoms with Crippen molar-refractivity contribution < 1.29 is 13.2 Å². The van der Waals surface area contributed by atoms with Crippen LogP contribution in [-0.2, 0) is 14.6 Å². The highest BCUT2D eigenvalue weighted by Gasteiger charge is 2.62. The van der Waals surface area contributed by atoms with Crippen molar-refractivity contribution in [2.45, 2.75) is 42.2 Å². The van der Waals surface area contributed by atoms with E-state index in [-0.39, 0.29) is 10.8 Å². The topological polar surface area (TPSA) is 54.5 Å². The van der Waals surface area contributed by atoms with E-state index in [0.29, 0.717) is 36.9 Å². The predicted molar refractivity (Wildman–Crippen MR) is 85.6 cm³/mol. The molecular formula is C16H20ClNO3S. The summed E-state index contributed by atoms with van der Waals surface area (Å²) in [6.45, 7) is 3.49. The molecule has 2 aliphatic rings. The Labute approximate surface area is 136 Å². The second-order valence-electron chi connectivity index (χ2n) is 6.43. The molecule has 1 saturated heterocycles. The van der Waals surface area contributed by atoms with Gasteiger partial charge in [0.1, 0.15) is 0 Å². The lowest BCUT2D eigenvalue weighted by atomic mass is 9.99. The Morgan fingerprint density at radius 3 is 2.23 bits per heavy atom. The van der Waals surface area contributed by atoms with Crippen LogP contribution in [0.3, 0.4) is 0 Å². The van der Waals surface area contributed by atoms with Gasteiger partial charge in [0.2, 0.25) is 5.91 Å². The summed E-state index contributed by atoms with van der Waals surface area (Å²) >= 11 is 5.82. The summed E-state index contributed by atoms with van der Waals surface area (Å²) in [7, 11) is -3.66. The van der Waals surface area contributed by atoms with Crippen LogP contribution in [0.4, 0.5) is 0 Å². The third-order valence-corrected chi connectivity index (χ3v) is 7.56. The van der Waals surface area contributed by atoms with E-state index in [2.05, 4.69) is 6.92 Å². The summed E-state index contributed by atoms with van der Waals surface area (Å²) < 4.78 is 24.5. The molecule has 0 N–H and O–H groups in total. The molecule has 1 saturated carbocycles. The minimum Gasteiger partial charge on any atom is -0.341 e. The van der Waals surface area contributed by atoms with Crippen molar-refractivity contribution in [1.29, 1.82) is 0 Å². The molecule has 120 valence electrons. The van der Waals surface area contributed by atoms with Gasteiger partial charge in [0.05, 0.1) is 4.90 Å². The van der Waals surface area contributed by atoms with E-state index in [1.807, 2.05) is 0 Å². The van der Waals surface area contributed by atoms with E-state index in [0.717, 1.165) is 12.8 Å². The number of nitrogens with zero attached hydrogens (tertiary/aromatic N) is 1. The van der Waals surface area contributed by atoms with E-state index in [4.69, 9.17) is 11.6 Å². The van der Waals surface area contributed by atoms with Crippen molar-refractivity contribution in [2.24, 2.45) is 5.92 Å². The van der Waals surface area contributed by atoms with Crippen LogP contribution in [0.1, 0.15) is 32.6 Å². The average molecular weight is 342 g/mol. The predicted octanol–water partition coefficient (Wildman–Crippen LogP) is 2.90. The molecule has 1 amide bonds. The fourth-order valence-electron chi connectivity index (χ4n) is 3.05. The zero-order valence-electron chi connectivity index (χ0n) is 12.6. The van der Waals surface area contributed by atoms with Crippen molar-refractivity contribution in [2.75, 3.05) is 13.1 Å². The highest BCUT2D eigenvalue weighted by atomic mass is 35.5. The third-order valence-electron chi connectivity index (χ3n) is 4.80. The molecule has 4 nitrogen and oxygen atoms in total. The minimum atomic E-state index is -3.66. The molecule has 22 heavy (non-hydrogen) atoms. The second-order valence-corrected chi connectivity index (χ2v) is 9.12. The van der Waals surface area contributed by atoms with Gasteiger partial charge in [0.15, 0.2) is 14.6 Å². The number of hydrogen-bond donors (Lipinski definition) is 0. The maximum atomic E-state index is 12.9. The lowest BCUT2D eigenvalue weighted by Crippen LogP contribution is -2.47. The van der Waals surface area contributed by atoms with Gasteiger partial charge in [0, 0.05) is 18.1 Å². The van der Waals surface area contributed by atoms with Gasteiger partial charge in [-0.15, -0.1) is 0 Å². The number of rotatable bonds is 3. The third kappa shape index (κ3) is 2.54. The summed E-state index contributed by atoms with van der Waals surface area (Å²) in [6.07, 6.45) is 2.73. The van der Waals surface area contributed by atoms with E-state index >= 15 is 0 Å². The maximum absolute atomic E-state index is 12.9. The standard InChI is InChI=1S/C16H20ClNO3S/c1-12-6-10-18(11-7-12)15(19)16(8-9-16)22(20,21)14-4-2-13(17)3-5-14/h2-5,12H,6-11H2,1H3. The van der Waals surface area contributed by atoms with Gasteiger partial charge >= 0.3 is 0 Å². The molecule has 2 fully saturated rings. The second kappa shape index (κ2) is 5.53. The van der Waals surface area contributed by atoms with Gasteiger partial charge < -0.3 is 4.90 Å². The van der Waals surface area contributed by atoms with Crippen molar-refractivity contribution in [3.05, 3.63) is 29.3 Å². The molecular weight excluding hydrogens is 322 g/mol. The van der Waals surface area contributed by atoms with Crippen LogP contribution in [0.5, 0.6) is 0 Å². The molecule has 1 aliphatic carbocycles. The quantitative estimate of drug-likeness (QED) is 0.849. The SMILES string of the molecule is CC1CCN(C(=O)C2(S(=O)(=O)c3ccc(Cl)cc3)CC2)CC1. The highest BCUT2D eigenvalue weighted by molar-refractivity contribution is 7.94. The van der Waals surface area contributed by atoms with Crippen LogP contribution in [-0.4, -0.2) is 37.1 Å². The molecule has 1 aliphatic heterocycles. The Balaban J connectivity index is 1.86. The summed E-state index contributed by atoms with van der Waals surface area (Å²) in [4.78, 5) is 14.7. The fraction of sp³-hybridized carbons (Fsp3) is 0.562. The largest absolute Gasteiger partial charge is 0.341 e. The first kappa shape index (κ1) is 15.8. The summed E-state index contributed by atoms with van der Waals surface area (Å²) in [5.41, 5.74) is 0. The molecule has 0 bridgehead atoms. The molecule has 0 aromatic heterocycles. The molecule has 0 atom stereocenters. The number of carbonyl (C=O) groups is 1. The van der Waals surface area contributed by atoms with Gasteiger partial charge in [-0.3, -0.25) is 4.79 Å². The maximum Gasteiger partial charge on any atom is 0.244 e. The summed E-state index contributed by atoms with van der Waals surface area (Å²) in [6, 6.07) is 6.09. The Kier molecular flexibility index (Phi) is 3.98. The van der Waals surface area contributed by atoms with Crippen LogP contribution in [0.2, 0.25) is 5.02 Å². The number of carbonyl (C=O) groups excluding carboxylic acids is 1. The van der Waals surface area contributed by atoms with E-state index in [1.54, 1.807) is 17.0 Å². The lowest BCUT2D eigenvalue weighted by Gasteiger charge is -2.33. The van der Waals surface area contributed by atoms with Crippen molar-refractivity contribution in [3.63, 3.8) is 0 Å². The Bertz CT molecular complexity index is 672. The number of hydrogen-bond acceptors (Lipinski definition) is 3. The number of benzene rings is 1. The van der Waals surface area contributed by atoms with Crippen LogP contribution in [0.15, 0.2) is 29.2 Å². The molecule has 0 radical (unpaired) electrons. The van der Waals surface area contributed by atoms with Gasteiger partial charge in [0.25, 0.3) is 0 Å². The number of piperidine rings is 1. The first-order chi connectivity index (χ1) is 10.4. The van der Waals surface area contributed by atoms with E-state index < -0.39 is 14.6 Å². The van der Waals surface area contributed by atoms with Crippen molar-refractivity contribution in [3.8, 4) is 0 Å². The van der Waals surface area contributed by atoms with Gasteiger partial charge in [-0.2, -0.15) is 0 Å². The van der Waals surface area contributed by atoms with Crippen LogP contribution in [0.25, 0.3) is 0 Å². The fourth-order valence-corrected chi connectivity index (χ4v) is 5.12.